The fourth-order valence-corrected chi connectivity index (χ4v) is 1.49. The Kier molecular flexibility index (Phi) is 5.64. The van der Waals surface area contributed by atoms with Gasteiger partial charge in [0.05, 0.1) is 0 Å². The summed E-state index contributed by atoms with van der Waals surface area (Å²) in [5.74, 6) is 0. The topological polar surface area (TPSA) is 24.1 Å². The molecule has 0 fully saturated rings. The molecule has 0 unspecified atom stereocenters. The van der Waals surface area contributed by atoms with Crippen molar-refractivity contribution in [3.8, 4) is 0 Å². The molecule has 2 nitrogen and oxygen atoms in total. The minimum atomic E-state index is 1.04. The molecule has 14 heavy (non-hydrogen) atoms. The van der Waals surface area contributed by atoms with Crippen LogP contribution in [0.3, 0.4) is 0 Å². The summed E-state index contributed by atoms with van der Waals surface area (Å²) >= 11 is 3.41. The molecule has 0 saturated heterocycles. The molecule has 0 spiro atoms. The molecule has 0 bridgehead atoms. The molecule has 0 aromatic heterocycles. The Morgan fingerprint density at radius 2 is 1.71 bits per heavy atom. The molecule has 0 aliphatic heterocycles. The van der Waals surface area contributed by atoms with Gasteiger partial charge in [-0.15, -0.1) is 0 Å². The summed E-state index contributed by atoms with van der Waals surface area (Å²) in [6.07, 6.45) is 2.43. The number of benzene rings is 1. The fourth-order valence-electron chi connectivity index (χ4n) is 1.23. The summed E-state index contributed by atoms with van der Waals surface area (Å²) < 4.78 is 1.12. The van der Waals surface area contributed by atoms with E-state index in [1.807, 2.05) is 7.05 Å². The molecule has 0 heterocycles. The van der Waals surface area contributed by atoms with Crippen LogP contribution in [0.1, 0.15) is 12.8 Å². The lowest BCUT2D eigenvalue weighted by molar-refractivity contribution is 0.694. The van der Waals surface area contributed by atoms with Crippen molar-refractivity contribution in [2.45, 2.75) is 12.8 Å². The largest absolute Gasteiger partial charge is 0.385 e. The van der Waals surface area contributed by atoms with Gasteiger partial charge in [-0.3, -0.25) is 0 Å². The van der Waals surface area contributed by atoms with Crippen molar-refractivity contribution in [1.82, 2.24) is 5.32 Å². The van der Waals surface area contributed by atoms with Crippen LogP contribution in [0.2, 0.25) is 0 Å². The molecule has 0 aliphatic rings. The molecular weight excluding hydrogens is 240 g/mol. The number of hydrogen-bond acceptors (Lipinski definition) is 2. The first-order valence-electron chi connectivity index (χ1n) is 4.97. The van der Waals surface area contributed by atoms with Crippen molar-refractivity contribution < 1.29 is 0 Å². The number of nitrogens with one attached hydrogen (secondary N) is 2. The van der Waals surface area contributed by atoms with Crippen LogP contribution >= 0.6 is 15.9 Å². The van der Waals surface area contributed by atoms with E-state index in [9.17, 15) is 0 Å². The molecule has 3 heteroatoms. The van der Waals surface area contributed by atoms with Crippen LogP contribution < -0.4 is 10.6 Å². The molecule has 1 rings (SSSR count). The van der Waals surface area contributed by atoms with Crippen LogP contribution in [0, 0.1) is 0 Å². The monoisotopic (exact) mass is 256 g/mol. The number of anilines is 1. The Hall–Kier alpha value is -0.540. The molecule has 0 saturated carbocycles. The number of halogens is 1. The van der Waals surface area contributed by atoms with Gasteiger partial charge in [0, 0.05) is 16.7 Å². The lowest BCUT2D eigenvalue weighted by Crippen LogP contribution is -2.10. The lowest BCUT2D eigenvalue weighted by Gasteiger charge is -2.05. The Labute approximate surface area is 94.2 Å². The molecule has 0 amide bonds. The SMILES string of the molecule is CNCCCCNc1ccc(Br)cc1. The zero-order valence-corrected chi connectivity index (χ0v) is 10.1. The Balaban J connectivity index is 2.15. The summed E-state index contributed by atoms with van der Waals surface area (Å²) in [5.41, 5.74) is 1.19. The van der Waals surface area contributed by atoms with Crippen molar-refractivity contribution in [3.63, 3.8) is 0 Å². The third-order valence-electron chi connectivity index (χ3n) is 2.03. The second kappa shape index (κ2) is 6.85. The maximum Gasteiger partial charge on any atom is 0.0340 e. The minimum absolute atomic E-state index is 1.04. The molecule has 1 aromatic rings. The number of rotatable bonds is 6. The highest BCUT2D eigenvalue weighted by molar-refractivity contribution is 9.10. The summed E-state index contributed by atoms with van der Waals surface area (Å²) in [6.45, 7) is 2.14. The van der Waals surface area contributed by atoms with E-state index >= 15 is 0 Å². The van der Waals surface area contributed by atoms with Crippen LogP contribution in [-0.4, -0.2) is 20.1 Å². The van der Waals surface area contributed by atoms with Gasteiger partial charge in [0.15, 0.2) is 0 Å². The van der Waals surface area contributed by atoms with E-state index < -0.39 is 0 Å². The third kappa shape index (κ3) is 4.63. The number of unbranched alkanes of at least 4 members (excludes halogenated alkanes) is 1. The van der Waals surface area contributed by atoms with Crippen LogP contribution in [0.25, 0.3) is 0 Å². The maximum absolute atomic E-state index is 3.41. The average molecular weight is 257 g/mol. The Bertz CT molecular complexity index is 246. The smallest absolute Gasteiger partial charge is 0.0340 e. The second-order valence-corrected chi connectivity index (χ2v) is 4.16. The predicted octanol–water partition coefficient (Wildman–Crippen LogP) is 2.86. The Morgan fingerprint density at radius 3 is 2.36 bits per heavy atom. The van der Waals surface area contributed by atoms with E-state index in [-0.39, 0.29) is 0 Å². The molecule has 0 radical (unpaired) electrons. The van der Waals surface area contributed by atoms with Crippen molar-refractivity contribution in [1.29, 1.82) is 0 Å². The van der Waals surface area contributed by atoms with Crippen LogP contribution in [-0.2, 0) is 0 Å². The fraction of sp³-hybridized carbons (Fsp3) is 0.455. The zero-order valence-electron chi connectivity index (χ0n) is 8.52. The highest BCUT2D eigenvalue weighted by Crippen LogP contribution is 2.13. The van der Waals surface area contributed by atoms with Crippen molar-refractivity contribution in [2.24, 2.45) is 0 Å². The molecule has 2 N–H and O–H groups in total. The standard InChI is InChI=1S/C11H17BrN2/c1-13-8-2-3-9-14-11-6-4-10(12)5-7-11/h4-7,13-14H,2-3,8-9H2,1H3. The summed E-state index contributed by atoms with van der Waals surface area (Å²) in [6, 6.07) is 8.27. The van der Waals surface area contributed by atoms with E-state index in [0.29, 0.717) is 0 Å². The predicted molar refractivity (Wildman–Crippen MR) is 65.8 cm³/mol. The van der Waals surface area contributed by atoms with E-state index in [2.05, 4.69) is 50.8 Å². The summed E-state index contributed by atoms with van der Waals surface area (Å²) in [4.78, 5) is 0. The van der Waals surface area contributed by atoms with Gasteiger partial charge in [-0.25, -0.2) is 0 Å². The first-order chi connectivity index (χ1) is 6.83. The molecular formula is C11H17BrN2. The van der Waals surface area contributed by atoms with Gasteiger partial charge in [0.25, 0.3) is 0 Å². The van der Waals surface area contributed by atoms with E-state index in [1.54, 1.807) is 0 Å². The summed E-state index contributed by atoms with van der Waals surface area (Å²) in [7, 11) is 1.99. The molecule has 78 valence electrons. The number of hydrogen-bond donors (Lipinski definition) is 2. The van der Waals surface area contributed by atoms with Gasteiger partial charge in [-0.2, -0.15) is 0 Å². The van der Waals surface area contributed by atoms with E-state index in [0.717, 1.165) is 17.6 Å². The van der Waals surface area contributed by atoms with Crippen molar-refractivity contribution in [3.05, 3.63) is 28.7 Å². The highest BCUT2D eigenvalue weighted by Gasteiger charge is 1.91. The van der Waals surface area contributed by atoms with Gasteiger partial charge >= 0.3 is 0 Å². The Morgan fingerprint density at radius 1 is 1.07 bits per heavy atom. The van der Waals surface area contributed by atoms with Crippen molar-refractivity contribution in [2.75, 3.05) is 25.5 Å². The van der Waals surface area contributed by atoms with E-state index in [1.165, 1.54) is 18.5 Å². The molecule has 0 aliphatic carbocycles. The summed E-state index contributed by atoms with van der Waals surface area (Å²) in [5, 5.41) is 6.52. The quantitative estimate of drug-likeness (QED) is 0.766. The normalized spacial score (nSPS) is 10.1. The van der Waals surface area contributed by atoms with Crippen LogP contribution in [0.5, 0.6) is 0 Å². The third-order valence-corrected chi connectivity index (χ3v) is 2.56. The van der Waals surface area contributed by atoms with Crippen molar-refractivity contribution >= 4 is 21.6 Å². The van der Waals surface area contributed by atoms with Gasteiger partial charge in [-0.1, -0.05) is 15.9 Å². The second-order valence-electron chi connectivity index (χ2n) is 3.24. The first kappa shape index (κ1) is 11.5. The van der Waals surface area contributed by atoms with Gasteiger partial charge in [0.2, 0.25) is 0 Å². The minimum Gasteiger partial charge on any atom is -0.385 e. The molecule has 0 atom stereocenters. The van der Waals surface area contributed by atoms with Crippen LogP contribution in [0.4, 0.5) is 5.69 Å². The average Bonchev–Trinajstić information content (AvgIpc) is 2.21. The maximum atomic E-state index is 3.41. The van der Waals surface area contributed by atoms with Gasteiger partial charge < -0.3 is 10.6 Å². The van der Waals surface area contributed by atoms with E-state index in [4.69, 9.17) is 0 Å². The van der Waals surface area contributed by atoms with Gasteiger partial charge in [-0.05, 0) is 50.7 Å². The highest BCUT2D eigenvalue weighted by atomic mass is 79.9. The van der Waals surface area contributed by atoms with Gasteiger partial charge in [0.1, 0.15) is 0 Å². The first-order valence-corrected chi connectivity index (χ1v) is 5.76. The molecule has 1 aromatic carbocycles. The van der Waals surface area contributed by atoms with Crippen LogP contribution in [0.15, 0.2) is 28.7 Å². The zero-order chi connectivity index (χ0) is 10.2. The lowest BCUT2D eigenvalue weighted by atomic mass is 10.3.